The molecule has 0 aliphatic heterocycles. The molecule has 0 atom stereocenters. The summed E-state index contributed by atoms with van der Waals surface area (Å²) >= 11 is 0. The summed E-state index contributed by atoms with van der Waals surface area (Å²) in [5, 5.41) is 0. The van der Waals surface area contributed by atoms with Gasteiger partial charge in [-0.1, -0.05) is 89.3 Å². The fourth-order valence-corrected chi connectivity index (χ4v) is 2.34. The van der Waals surface area contributed by atoms with E-state index < -0.39 is 0 Å². The summed E-state index contributed by atoms with van der Waals surface area (Å²) in [7, 11) is 0. The largest absolute Gasteiger partial charge is 0.0988 e. The maximum atomic E-state index is 3.99. The molecule has 0 N–H and O–H groups in total. The van der Waals surface area contributed by atoms with Gasteiger partial charge in [0.15, 0.2) is 0 Å². The second-order valence-corrected chi connectivity index (χ2v) is 7.52. The summed E-state index contributed by atoms with van der Waals surface area (Å²) in [5.74, 6) is 0. The fourth-order valence-electron chi connectivity index (χ4n) is 2.34. The minimum Gasteiger partial charge on any atom is -0.0988 e. The van der Waals surface area contributed by atoms with Crippen LogP contribution in [0.5, 0.6) is 0 Å². The standard InChI is InChI=1S/C21H30/c1-9-17(11-10-16(2)3)21(7,8)19-14-12-18(13-15-19)20(4,5)6/h9-15H,1H2,2-8H3/b17-11+. The SMILES string of the molecule is C=C/C(=C\C=C(C)C)C(C)(C)c1ccc(C(C)(C)C)cc1. The van der Waals surface area contributed by atoms with Crippen molar-refractivity contribution in [3.05, 3.63) is 71.3 Å². The van der Waals surface area contributed by atoms with Crippen molar-refractivity contribution in [2.75, 3.05) is 0 Å². The Balaban J connectivity index is 3.20. The highest BCUT2D eigenvalue weighted by atomic mass is 14.3. The molecule has 0 aliphatic rings. The molecule has 0 heterocycles. The molecule has 0 fully saturated rings. The molecule has 0 aromatic heterocycles. The van der Waals surface area contributed by atoms with Crippen LogP contribution in [0.15, 0.2) is 60.2 Å². The van der Waals surface area contributed by atoms with Crippen LogP contribution in [0.25, 0.3) is 0 Å². The van der Waals surface area contributed by atoms with E-state index in [1.54, 1.807) is 0 Å². The summed E-state index contributed by atoms with van der Waals surface area (Å²) in [6.07, 6.45) is 6.30. The molecule has 0 spiro atoms. The van der Waals surface area contributed by atoms with Crippen molar-refractivity contribution in [2.24, 2.45) is 0 Å². The lowest BCUT2D eigenvalue weighted by Gasteiger charge is -2.28. The van der Waals surface area contributed by atoms with Crippen molar-refractivity contribution in [2.45, 2.75) is 59.3 Å². The highest BCUT2D eigenvalue weighted by molar-refractivity contribution is 5.42. The van der Waals surface area contributed by atoms with Crippen LogP contribution in [0.1, 0.15) is 59.6 Å². The van der Waals surface area contributed by atoms with Crippen molar-refractivity contribution >= 4 is 0 Å². The Kier molecular flexibility index (Phi) is 5.39. The highest BCUT2D eigenvalue weighted by Crippen LogP contribution is 2.33. The lowest BCUT2D eigenvalue weighted by atomic mass is 9.76. The zero-order valence-corrected chi connectivity index (χ0v) is 14.7. The van der Waals surface area contributed by atoms with Gasteiger partial charge in [0, 0.05) is 5.41 Å². The topological polar surface area (TPSA) is 0 Å². The van der Waals surface area contributed by atoms with E-state index in [1.807, 2.05) is 6.08 Å². The van der Waals surface area contributed by atoms with Gasteiger partial charge >= 0.3 is 0 Å². The predicted molar refractivity (Wildman–Crippen MR) is 95.9 cm³/mol. The summed E-state index contributed by atoms with van der Waals surface area (Å²) in [4.78, 5) is 0. The average molecular weight is 282 g/mol. The van der Waals surface area contributed by atoms with Crippen molar-refractivity contribution in [3.63, 3.8) is 0 Å². The Morgan fingerprint density at radius 2 is 1.33 bits per heavy atom. The Labute approximate surface area is 131 Å². The van der Waals surface area contributed by atoms with Gasteiger partial charge in [-0.3, -0.25) is 0 Å². The molecule has 1 rings (SSSR count). The molecule has 0 radical (unpaired) electrons. The van der Waals surface area contributed by atoms with Gasteiger partial charge in [-0.2, -0.15) is 0 Å². The number of rotatable bonds is 4. The van der Waals surface area contributed by atoms with Gasteiger partial charge in [0.2, 0.25) is 0 Å². The molecule has 114 valence electrons. The zero-order valence-electron chi connectivity index (χ0n) is 14.7. The van der Waals surface area contributed by atoms with Crippen molar-refractivity contribution in [1.29, 1.82) is 0 Å². The van der Waals surface area contributed by atoms with E-state index in [-0.39, 0.29) is 10.8 Å². The lowest BCUT2D eigenvalue weighted by molar-refractivity contribution is 0.587. The average Bonchev–Trinajstić information content (AvgIpc) is 2.38. The molecule has 0 heteroatoms. The summed E-state index contributed by atoms with van der Waals surface area (Å²) < 4.78 is 0. The molecular formula is C21H30. The van der Waals surface area contributed by atoms with Crippen LogP contribution in [0.3, 0.4) is 0 Å². The number of benzene rings is 1. The third kappa shape index (κ3) is 4.46. The molecule has 0 nitrogen and oxygen atoms in total. The van der Waals surface area contributed by atoms with E-state index in [1.165, 1.54) is 22.3 Å². The van der Waals surface area contributed by atoms with E-state index in [4.69, 9.17) is 0 Å². The van der Waals surface area contributed by atoms with Crippen LogP contribution in [0.4, 0.5) is 0 Å². The number of hydrogen-bond donors (Lipinski definition) is 0. The van der Waals surface area contributed by atoms with Crippen molar-refractivity contribution < 1.29 is 0 Å². The maximum absolute atomic E-state index is 3.99. The molecule has 0 aliphatic carbocycles. The minimum atomic E-state index is -0.0376. The number of allylic oxidation sites excluding steroid dienone is 5. The molecule has 0 bridgehead atoms. The molecule has 1 aromatic carbocycles. The van der Waals surface area contributed by atoms with E-state index in [0.29, 0.717) is 0 Å². The minimum absolute atomic E-state index is 0.0376. The van der Waals surface area contributed by atoms with Crippen LogP contribution in [0.2, 0.25) is 0 Å². The first-order valence-electron chi connectivity index (χ1n) is 7.68. The van der Waals surface area contributed by atoms with Crippen LogP contribution in [-0.4, -0.2) is 0 Å². The molecule has 0 unspecified atom stereocenters. The van der Waals surface area contributed by atoms with Gasteiger partial charge in [0.1, 0.15) is 0 Å². The van der Waals surface area contributed by atoms with E-state index in [2.05, 4.69) is 91.5 Å². The summed E-state index contributed by atoms with van der Waals surface area (Å²) in [5.41, 5.74) is 5.39. The van der Waals surface area contributed by atoms with Gasteiger partial charge in [-0.05, 0) is 36.0 Å². The van der Waals surface area contributed by atoms with Crippen LogP contribution in [0, 0.1) is 0 Å². The first-order valence-corrected chi connectivity index (χ1v) is 7.68. The smallest absolute Gasteiger partial charge is 0.0146 e. The van der Waals surface area contributed by atoms with Crippen LogP contribution < -0.4 is 0 Å². The molecule has 0 saturated heterocycles. The van der Waals surface area contributed by atoms with Gasteiger partial charge in [-0.15, -0.1) is 0 Å². The summed E-state index contributed by atoms with van der Waals surface area (Å²) in [6, 6.07) is 9.00. The quantitative estimate of drug-likeness (QED) is 0.565. The normalized spacial score (nSPS) is 13.0. The molecule has 21 heavy (non-hydrogen) atoms. The van der Waals surface area contributed by atoms with Crippen molar-refractivity contribution in [1.82, 2.24) is 0 Å². The van der Waals surface area contributed by atoms with Crippen molar-refractivity contribution in [3.8, 4) is 0 Å². The Morgan fingerprint density at radius 3 is 1.71 bits per heavy atom. The zero-order chi connectivity index (χ0) is 16.3. The Hall–Kier alpha value is -1.56. The molecule has 0 amide bonds. The molecular weight excluding hydrogens is 252 g/mol. The lowest BCUT2D eigenvalue weighted by Crippen LogP contribution is -2.20. The monoisotopic (exact) mass is 282 g/mol. The summed E-state index contributed by atoms with van der Waals surface area (Å²) in [6.45, 7) is 19.5. The first-order chi connectivity index (χ1) is 9.59. The third-order valence-electron chi connectivity index (χ3n) is 4.01. The Morgan fingerprint density at radius 1 is 0.857 bits per heavy atom. The Bertz CT molecular complexity index is 539. The van der Waals surface area contributed by atoms with Gasteiger partial charge in [0.05, 0.1) is 0 Å². The highest BCUT2D eigenvalue weighted by Gasteiger charge is 2.24. The molecule has 0 saturated carbocycles. The first kappa shape index (κ1) is 17.5. The third-order valence-corrected chi connectivity index (χ3v) is 4.01. The van der Waals surface area contributed by atoms with Gasteiger partial charge < -0.3 is 0 Å². The van der Waals surface area contributed by atoms with Crippen LogP contribution >= 0.6 is 0 Å². The van der Waals surface area contributed by atoms with E-state index in [9.17, 15) is 0 Å². The van der Waals surface area contributed by atoms with Crippen LogP contribution in [-0.2, 0) is 10.8 Å². The predicted octanol–water partition coefficient (Wildman–Crippen LogP) is 6.34. The maximum Gasteiger partial charge on any atom is 0.0146 e. The van der Waals surface area contributed by atoms with Gasteiger partial charge in [0.25, 0.3) is 0 Å². The van der Waals surface area contributed by atoms with E-state index in [0.717, 1.165) is 0 Å². The fraction of sp³-hybridized carbons (Fsp3) is 0.429. The van der Waals surface area contributed by atoms with Gasteiger partial charge in [-0.25, -0.2) is 0 Å². The van der Waals surface area contributed by atoms with E-state index >= 15 is 0 Å². The second kappa shape index (κ2) is 6.47. The number of hydrogen-bond acceptors (Lipinski definition) is 0. The second-order valence-electron chi connectivity index (χ2n) is 7.52. The molecule has 1 aromatic rings.